The van der Waals surface area contributed by atoms with E-state index < -0.39 is 0 Å². The highest BCUT2D eigenvalue weighted by Crippen LogP contribution is 2.21. The molecule has 16 heavy (non-hydrogen) atoms. The molecular formula is C12H18N2OS. The molecular weight excluding hydrogens is 220 g/mol. The van der Waals surface area contributed by atoms with E-state index in [1.165, 1.54) is 5.56 Å². The second-order valence-electron chi connectivity index (χ2n) is 3.87. The smallest absolute Gasteiger partial charge is 0.119 e. The van der Waals surface area contributed by atoms with E-state index in [1.54, 1.807) is 0 Å². The zero-order valence-corrected chi connectivity index (χ0v) is 10.1. The Balaban J connectivity index is 1.86. The van der Waals surface area contributed by atoms with E-state index in [0.717, 1.165) is 29.8 Å². The summed E-state index contributed by atoms with van der Waals surface area (Å²) < 4.78 is 5.44. The van der Waals surface area contributed by atoms with E-state index in [1.807, 2.05) is 23.9 Å². The van der Waals surface area contributed by atoms with Crippen LogP contribution in [-0.4, -0.2) is 30.8 Å². The van der Waals surface area contributed by atoms with Gasteiger partial charge in [0.1, 0.15) is 12.4 Å². The van der Waals surface area contributed by atoms with Crippen LogP contribution >= 0.6 is 11.8 Å². The van der Waals surface area contributed by atoms with Gasteiger partial charge in [-0.05, 0) is 24.1 Å². The summed E-state index contributed by atoms with van der Waals surface area (Å²) in [5.74, 6) is 1.99. The van der Waals surface area contributed by atoms with Gasteiger partial charge in [0, 0.05) is 24.2 Å². The Bertz CT molecular complexity index is 309. The van der Waals surface area contributed by atoms with Crippen molar-refractivity contribution in [3.8, 4) is 5.75 Å². The quantitative estimate of drug-likeness (QED) is 0.810. The summed E-state index contributed by atoms with van der Waals surface area (Å²) in [7, 11) is 0. The van der Waals surface area contributed by atoms with Gasteiger partial charge in [-0.25, -0.2) is 0 Å². The van der Waals surface area contributed by atoms with Crippen molar-refractivity contribution in [2.24, 2.45) is 5.73 Å². The maximum absolute atomic E-state index is 5.44. The molecule has 1 aromatic carbocycles. The average molecular weight is 238 g/mol. The van der Waals surface area contributed by atoms with Gasteiger partial charge in [0.2, 0.25) is 0 Å². The van der Waals surface area contributed by atoms with Gasteiger partial charge >= 0.3 is 0 Å². The van der Waals surface area contributed by atoms with Crippen LogP contribution in [0.3, 0.4) is 0 Å². The molecule has 1 atom stereocenters. The Kier molecular flexibility index (Phi) is 4.51. The number of ether oxygens (including phenoxy) is 1. The Morgan fingerprint density at radius 1 is 1.38 bits per heavy atom. The summed E-state index contributed by atoms with van der Waals surface area (Å²) in [5.41, 5.74) is 6.76. The first-order valence-electron chi connectivity index (χ1n) is 5.62. The summed E-state index contributed by atoms with van der Waals surface area (Å²) in [6, 6.07) is 8.34. The van der Waals surface area contributed by atoms with Crippen LogP contribution in [0.4, 0.5) is 0 Å². The van der Waals surface area contributed by atoms with Crippen LogP contribution in [0.15, 0.2) is 24.3 Å². The molecule has 0 spiro atoms. The summed E-state index contributed by atoms with van der Waals surface area (Å²) in [6.45, 7) is 2.27. The van der Waals surface area contributed by atoms with E-state index in [-0.39, 0.29) is 0 Å². The van der Waals surface area contributed by atoms with Crippen molar-refractivity contribution in [2.45, 2.75) is 11.7 Å². The predicted octanol–water partition coefficient (Wildman–Crippen LogP) is 1.23. The van der Waals surface area contributed by atoms with Crippen LogP contribution in [-0.2, 0) is 6.42 Å². The minimum atomic E-state index is 0.562. The predicted molar refractivity (Wildman–Crippen MR) is 68.9 cm³/mol. The van der Waals surface area contributed by atoms with E-state index in [9.17, 15) is 0 Å². The van der Waals surface area contributed by atoms with E-state index in [2.05, 4.69) is 17.4 Å². The Labute approximate surface area is 101 Å². The second-order valence-corrected chi connectivity index (χ2v) is 5.16. The second kappa shape index (κ2) is 6.13. The molecule has 0 saturated carbocycles. The molecule has 0 aromatic heterocycles. The van der Waals surface area contributed by atoms with E-state index in [0.29, 0.717) is 13.2 Å². The summed E-state index contributed by atoms with van der Waals surface area (Å²) >= 11 is 2.00. The molecule has 1 aliphatic rings. The molecule has 1 aliphatic heterocycles. The zero-order valence-electron chi connectivity index (χ0n) is 9.32. The third-order valence-electron chi connectivity index (χ3n) is 2.57. The molecule has 3 nitrogen and oxygen atoms in total. The minimum absolute atomic E-state index is 0.562. The van der Waals surface area contributed by atoms with Gasteiger partial charge in [-0.3, -0.25) is 0 Å². The highest BCUT2D eigenvalue weighted by atomic mass is 32.2. The molecule has 3 N–H and O–H groups in total. The molecule has 0 radical (unpaired) electrons. The molecule has 1 unspecified atom stereocenters. The van der Waals surface area contributed by atoms with Gasteiger partial charge in [0.05, 0.1) is 0 Å². The van der Waals surface area contributed by atoms with Crippen molar-refractivity contribution in [2.75, 3.05) is 25.6 Å². The lowest BCUT2D eigenvalue weighted by Crippen LogP contribution is -2.14. The van der Waals surface area contributed by atoms with Crippen LogP contribution in [0.1, 0.15) is 5.56 Å². The van der Waals surface area contributed by atoms with E-state index >= 15 is 0 Å². The molecule has 0 bridgehead atoms. The summed E-state index contributed by atoms with van der Waals surface area (Å²) in [6.07, 6.45) is 1.13. The number of rotatable bonds is 5. The molecule has 1 fully saturated rings. The largest absolute Gasteiger partial charge is 0.492 e. The number of nitrogens with two attached hydrogens (primary N) is 1. The van der Waals surface area contributed by atoms with Crippen molar-refractivity contribution in [3.63, 3.8) is 0 Å². The Hall–Kier alpha value is -0.710. The van der Waals surface area contributed by atoms with Crippen molar-refractivity contribution in [1.82, 2.24) is 5.32 Å². The fraction of sp³-hybridized carbons (Fsp3) is 0.500. The molecule has 0 aliphatic carbocycles. The Morgan fingerprint density at radius 2 is 2.19 bits per heavy atom. The van der Waals surface area contributed by atoms with Crippen LogP contribution in [0.2, 0.25) is 0 Å². The van der Waals surface area contributed by atoms with Gasteiger partial charge in [-0.15, -0.1) is 11.8 Å². The van der Waals surface area contributed by atoms with Gasteiger partial charge < -0.3 is 15.8 Å². The topological polar surface area (TPSA) is 47.3 Å². The number of benzene rings is 1. The lowest BCUT2D eigenvalue weighted by atomic mass is 10.1. The lowest BCUT2D eigenvalue weighted by molar-refractivity contribution is 0.328. The van der Waals surface area contributed by atoms with Gasteiger partial charge in [0.15, 0.2) is 0 Å². The first kappa shape index (κ1) is 11.8. The van der Waals surface area contributed by atoms with E-state index in [4.69, 9.17) is 10.5 Å². The molecule has 1 aromatic rings. The molecule has 0 amide bonds. The zero-order chi connectivity index (χ0) is 11.2. The maximum atomic E-state index is 5.44. The first-order valence-corrected chi connectivity index (χ1v) is 6.67. The minimum Gasteiger partial charge on any atom is -0.492 e. The molecule has 1 saturated heterocycles. The highest BCUT2D eigenvalue weighted by Gasteiger charge is 2.14. The van der Waals surface area contributed by atoms with Gasteiger partial charge in [-0.1, -0.05) is 12.1 Å². The first-order chi connectivity index (χ1) is 7.88. The lowest BCUT2D eigenvalue weighted by Gasteiger charge is -2.09. The molecule has 88 valence electrons. The molecule has 1 heterocycles. The third kappa shape index (κ3) is 3.40. The van der Waals surface area contributed by atoms with Crippen molar-refractivity contribution in [1.29, 1.82) is 0 Å². The van der Waals surface area contributed by atoms with Crippen LogP contribution in [0, 0.1) is 0 Å². The Morgan fingerprint density at radius 3 is 2.81 bits per heavy atom. The van der Waals surface area contributed by atoms with Crippen molar-refractivity contribution < 1.29 is 4.74 Å². The number of thioether (sulfide) groups is 1. The van der Waals surface area contributed by atoms with Crippen LogP contribution < -0.4 is 15.8 Å². The van der Waals surface area contributed by atoms with Gasteiger partial charge in [-0.2, -0.15) is 0 Å². The van der Waals surface area contributed by atoms with Crippen molar-refractivity contribution >= 4 is 11.8 Å². The van der Waals surface area contributed by atoms with Crippen molar-refractivity contribution in [3.05, 3.63) is 29.8 Å². The fourth-order valence-electron chi connectivity index (χ4n) is 1.75. The van der Waals surface area contributed by atoms with Gasteiger partial charge in [0.25, 0.3) is 0 Å². The maximum Gasteiger partial charge on any atom is 0.119 e. The fourth-order valence-corrected chi connectivity index (χ4v) is 2.77. The third-order valence-corrected chi connectivity index (χ3v) is 3.74. The SMILES string of the molecule is NCCOc1ccc(CC2CNCS2)cc1. The normalized spacial score (nSPS) is 19.9. The average Bonchev–Trinajstić information content (AvgIpc) is 2.81. The molecule has 2 rings (SSSR count). The highest BCUT2D eigenvalue weighted by molar-refractivity contribution is 8.00. The number of hydrogen-bond acceptors (Lipinski definition) is 4. The monoisotopic (exact) mass is 238 g/mol. The molecule has 4 heteroatoms. The summed E-state index contributed by atoms with van der Waals surface area (Å²) in [5, 5.41) is 4.07. The summed E-state index contributed by atoms with van der Waals surface area (Å²) in [4.78, 5) is 0. The number of hydrogen-bond donors (Lipinski definition) is 2. The van der Waals surface area contributed by atoms with Crippen LogP contribution in [0.5, 0.6) is 5.75 Å². The van der Waals surface area contributed by atoms with Crippen LogP contribution in [0.25, 0.3) is 0 Å². The number of nitrogens with one attached hydrogen (secondary N) is 1. The standard InChI is InChI=1S/C12H18N2OS/c13-5-6-15-11-3-1-10(2-4-11)7-12-8-14-9-16-12/h1-4,12,14H,5-9,13H2.